The lowest BCUT2D eigenvalue weighted by atomic mass is 10.3. The number of anilines is 1. The Hall–Kier alpha value is -0.720. The van der Waals surface area contributed by atoms with Gasteiger partial charge in [-0.05, 0) is 19.9 Å². The Balaban J connectivity index is 2.54. The number of hydrogen-bond acceptors (Lipinski definition) is 6. The Bertz CT molecular complexity index is 305. The highest BCUT2D eigenvalue weighted by Crippen LogP contribution is 2.19. The third-order valence-electron chi connectivity index (χ3n) is 2.51. The Morgan fingerprint density at radius 2 is 2.18 bits per heavy atom. The lowest BCUT2D eigenvalue weighted by molar-refractivity contribution is 0.187. The quantitative estimate of drug-likeness (QED) is 0.704. The fourth-order valence-corrected chi connectivity index (χ4v) is 2.25. The van der Waals surface area contributed by atoms with Crippen LogP contribution in [0, 0.1) is 0 Å². The minimum atomic E-state index is 0.192. The number of aromatic nitrogens is 2. The second-order valence-corrected chi connectivity index (χ2v) is 4.69. The molecule has 0 aliphatic rings. The van der Waals surface area contributed by atoms with E-state index in [0.717, 1.165) is 43.2 Å². The highest BCUT2D eigenvalue weighted by atomic mass is 32.1. The number of nitrogens with zero attached hydrogens (tertiary/aromatic N) is 3. The van der Waals surface area contributed by atoms with Gasteiger partial charge in [0.1, 0.15) is 10.7 Å². The van der Waals surface area contributed by atoms with Crippen LogP contribution < -0.4 is 5.32 Å². The molecule has 1 aromatic rings. The molecule has 17 heavy (non-hydrogen) atoms. The van der Waals surface area contributed by atoms with Crippen LogP contribution in [-0.2, 0) is 6.54 Å². The molecule has 0 atom stereocenters. The van der Waals surface area contributed by atoms with E-state index in [9.17, 15) is 0 Å². The summed E-state index contributed by atoms with van der Waals surface area (Å²) >= 11 is 1.40. The van der Waals surface area contributed by atoms with Gasteiger partial charge in [-0.2, -0.15) is 0 Å². The molecular weight excluding hydrogens is 236 g/mol. The first-order valence-corrected chi connectivity index (χ1v) is 6.97. The fourth-order valence-electron chi connectivity index (χ4n) is 1.61. The summed E-state index contributed by atoms with van der Waals surface area (Å²) in [5.74, 6) is 0. The molecule has 1 rings (SSSR count). The minimum absolute atomic E-state index is 0.192. The predicted molar refractivity (Wildman–Crippen MR) is 71.3 cm³/mol. The number of rotatable bonds is 9. The molecule has 0 saturated carbocycles. The van der Waals surface area contributed by atoms with Gasteiger partial charge in [-0.3, -0.25) is 4.90 Å². The van der Waals surface area contributed by atoms with Crippen molar-refractivity contribution < 1.29 is 5.11 Å². The van der Waals surface area contributed by atoms with E-state index in [1.54, 1.807) is 0 Å². The van der Waals surface area contributed by atoms with Gasteiger partial charge in [0.2, 0.25) is 0 Å². The van der Waals surface area contributed by atoms with Crippen molar-refractivity contribution in [2.45, 2.75) is 33.2 Å². The van der Waals surface area contributed by atoms with Gasteiger partial charge in [-0.25, -0.2) is 0 Å². The lowest BCUT2D eigenvalue weighted by Gasteiger charge is -2.20. The third kappa shape index (κ3) is 4.97. The van der Waals surface area contributed by atoms with Gasteiger partial charge < -0.3 is 10.4 Å². The standard InChI is InChI=1S/C11H22N4OS/c1-3-5-6-15(7-8-16)9-10-11(12-4-2)17-14-13-10/h12,16H,3-9H2,1-2H3. The summed E-state index contributed by atoms with van der Waals surface area (Å²) in [4.78, 5) is 2.22. The fraction of sp³-hybridized carbons (Fsp3) is 0.818. The van der Waals surface area contributed by atoms with Crippen molar-refractivity contribution in [3.8, 4) is 0 Å². The molecule has 2 N–H and O–H groups in total. The van der Waals surface area contributed by atoms with Crippen molar-refractivity contribution >= 4 is 16.5 Å². The van der Waals surface area contributed by atoms with Gasteiger partial charge in [0, 0.05) is 31.2 Å². The van der Waals surface area contributed by atoms with Crippen LogP contribution in [0.4, 0.5) is 5.00 Å². The van der Waals surface area contributed by atoms with Crippen LogP contribution in [0.25, 0.3) is 0 Å². The van der Waals surface area contributed by atoms with E-state index in [1.165, 1.54) is 11.5 Å². The maximum atomic E-state index is 9.05. The molecule has 0 amide bonds. The molecule has 0 spiro atoms. The summed E-state index contributed by atoms with van der Waals surface area (Å²) in [5.41, 5.74) is 0.987. The third-order valence-corrected chi connectivity index (χ3v) is 3.24. The number of aliphatic hydroxyl groups excluding tert-OH is 1. The van der Waals surface area contributed by atoms with Gasteiger partial charge in [0.05, 0.1) is 6.61 Å². The van der Waals surface area contributed by atoms with Crippen molar-refractivity contribution in [2.24, 2.45) is 0 Å². The number of nitrogens with one attached hydrogen (secondary N) is 1. The summed E-state index contributed by atoms with van der Waals surface area (Å²) in [5, 5.41) is 17.5. The SMILES string of the molecule is CCCCN(CCO)Cc1nnsc1NCC. The molecular formula is C11H22N4OS. The molecule has 0 fully saturated rings. The summed E-state index contributed by atoms with van der Waals surface area (Å²) in [6, 6.07) is 0. The first kappa shape index (κ1) is 14.3. The lowest BCUT2D eigenvalue weighted by Crippen LogP contribution is -2.28. The van der Waals surface area contributed by atoms with E-state index in [1.807, 2.05) is 0 Å². The van der Waals surface area contributed by atoms with E-state index in [0.29, 0.717) is 6.54 Å². The topological polar surface area (TPSA) is 61.3 Å². The van der Waals surface area contributed by atoms with Crippen LogP contribution in [0.3, 0.4) is 0 Å². The first-order valence-electron chi connectivity index (χ1n) is 6.20. The van der Waals surface area contributed by atoms with Gasteiger partial charge in [0.25, 0.3) is 0 Å². The van der Waals surface area contributed by atoms with Gasteiger partial charge in [-0.15, -0.1) is 5.10 Å². The summed E-state index contributed by atoms with van der Waals surface area (Å²) in [6.07, 6.45) is 2.31. The summed E-state index contributed by atoms with van der Waals surface area (Å²) in [7, 11) is 0. The molecule has 0 aliphatic carbocycles. The van der Waals surface area contributed by atoms with Crippen LogP contribution in [-0.4, -0.2) is 45.8 Å². The molecule has 0 saturated heterocycles. The summed E-state index contributed by atoms with van der Waals surface area (Å²) in [6.45, 7) is 7.77. The molecule has 5 nitrogen and oxygen atoms in total. The minimum Gasteiger partial charge on any atom is -0.395 e. The molecule has 0 aromatic carbocycles. The van der Waals surface area contributed by atoms with Crippen molar-refractivity contribution in [3.05, 3.63) is 5.69 Å². The van der Waals surface area contributed by atoms with E-state index >= 15 is 0 Å². The van der Waals surface area contributed by atoms with E-state index in [2.05, 4.69) is 33.7 Å². The highest BCUT2D eigenvalue weighted by Gasteiger charge is 2.11. The zero-order chi connectivity index (χ0) is 12.5. The number of hydrogen-bond donors (Lipinski definition) is 2. The second-order valence-electron chi connectivity index (χ2n) is 3.93. The highest BCUT2D eigenvalue weighted by molar-refractivity contribution is 7.10. The predicted octanol–water partition coefficient (Wildman–Crippen LogP) is 1.56. The molecule has 1 heterocycles. The molecule has 6 heteroatoms. The van der Waals surface area contributed by atoms with E-state index in [-0.39, 0.29) is 6.61 Å². The van der Waals surface area contributed by atoms with Crippen LogP contribution >= 0.6 is 11.5 Å². The Morgan fingerprint density at radius 1 is 1.35 bits per heavy atom. The Labute approximate surface area is 107 Å². The van der Waals surface area contributed by atoms with Gasteiger partial charge in [-0.1, -0.05) is 17.8 Å². The van der Waals surface area contributed by atoms with Crippen molar-refractivity contribution in [3.63, 3.8) is 0 Å². The van der Waals surface area contributed by atoms with Gasteiger partial charge in [0.15, 0.2) is 0 Å². The number of aliphatic hydroxyl groups is 1. The molecule has 0 bridgehead atoms. The average Bonchev–Trinajstić information content (AvgIpc) is 2.74. The summed E-state index contributed by atoms with van der Waals surface area (Å²) < 4.78 is 3.97. The average molecular weight is 258 g/mol. The van der Waals surface area contributed by atoms with E-state index in [4.69, 9.17) is 5.11 Å². The van der Waals surface area contributed by atoms with Crippen molar-refractivity contribution in [1.82, 2.24) is 14.5 Å². The van der Waals surface area contributed by atoms with Crippen molar-refractivity contribution in [2.75, 3.05) is 31.6 Å². The largest absolute Gasteiger partial charge is 0.395 e. The Morgan fingerprint density at radius 3 is 2.82 bits per heavy atom. The van der Waals surface area contributed by atoms with Crippen LogP contribution in [0.15, 0.2) is 0 Å². The molecule has 1 aromatic heterocycles. The molecule has 98 valence electrons. The molecule has 0 unspecified atom stereocenters. The van der Waals surface area contributed by atoms with Crippen LogP contribution in [0.1, 0.15) is 32.4 Å². The maximum absolute atomic E-state index is 9.05. The smallest absolute Gasteiger partial charge is 0.134 e. The molecule has 0 aliphatic heterocycles. The molecule has 0 radical (unpaired) electrons. The van der Waals surface area contributed by atoms with Gasteiger partial charge >= 0.3 is 0 Å². The van der Waals surface area contributed by atoms with Crippen LogP contribution in [0.2, 0.25) is 0 Å². The maximum Gasteiger partial charge on any atom is 0.134 e. The zero-order valence-electron chi connectivity index (χ0n) is 10.6. The zero-order valence-corrected chi connectivity index (χ0v) is 11.5. The monoisotopic (exact) mass is 258 g/mol. The van der Waals surface area contributed by atoms with Crippen molar-refractivity contribution in [1.29, 1.82) is 0 Å². The number of unbranched alkanes of at least 4 members (excludes halogenated alkanes) is 1. The van der Waals surface area contributed by atoms with Crippen LogP contribution in [0.5, 0.6) is 0 Å². The van der Waals surface area contributed by atoms with E-state index < -0.39 is 0 Å². The first-order chi connectivity index (χ1) is 8.31. The Kier molecular flexibility index (Phi) is 7.07. The normalized spacial score (nSPS) is 11.1. The second kappa shape index (κ2) is 8.38.